The molecular formula is C16H23Cl2N5O3S. The molecule has 11 heteroatoms. The van der Waals surface area contributed by atoms with E-state index in [1.54, 1.807) is 47.8 Å². The Labute approximate surface area is 171 Å². The van der Waals surface area contributed by atoms with Gasteiger partial charge in [0, 0.05) is 44.5 Å². The number of nitrogens with two attached hydrogens (primary N) is 1. The monoisotopic (exact) mass is 435 g/mol. The van der Waals surface area contributed by atoms with Crippen molar-refractivity contribution in [2.75, 3.05) is 26.2 Å². The van der Waals surface area contributed by atoms with Gasteiger partial charge in [-0.2, -0.15) is 4.31 Å². The predicted molar refractivity (Wildman–Crippen MR) is 107 cm³/mol. The highest BCUT2D eigenvalue weighted by atomic mass is 35.5. The van der Waals surface area contributed by atoms with Crippen LogP contribution in [0.1, 0.15) is 5.69 Å². The van der Waals surface area contributed by atoms with Crippen LogP contribution >= 0.6 is 24.8 Å². The molecule has 1 aliphatic rings. The van der Waals surface area contributed by atoms with Crippen LogP contribution in [-0.4, -0.2) is 65.7 Å². The minimum Gasteiger partial charge on any atom is -0.348 e. The first kappa shape index (κ1) is 23.4. The number of nitrogens with one attached hydrogen (secondary N) is 1. The van der Waals surface area contributed by atoms with Gasteiger partial charge in [0.15, 0.2) is 0 Å². The molecule has 1 aromatic carbocycles. The van der Waals surface area contributed by atoms with Crippen molar-refractivity contribution in [3.05, 3.63) is 48.5 Å². The maximum atomic E-state index is 12.6. The first-order valence-corrected chi connectivity index (χ1v) is 9.49. The Kier molecular flexibility index (Phi) is 8.70. The summed E-state index contributed by atoms with van der Waals surface area (Å²) in [6.45, 7) is 1.20. The summed E-state index contributed by atoms with van der Waals surface area (Å²) in [5.41, 5.74) is 6.78. The third-order valence-corrected chi connectivity index (χ3v) is 6.16. The second-order valence-electron chi connectivity index (χ2n) is 5.93. The number of amides is 1. The number of rotatable bonds is 5. The number of sulfonamides is 1. The van der Waals surface area contributed by atoms with Crippen LogP contribution < -0.4 is 5.73 Å². The van der Waals surface area contributed by atoms with Gasteiger partial charge in [-0.3, -0.25) is 4.79 Å². The summed E-state index contributed by atoms with van der Waals surface area (Å²) in [5.74, 6) is -0.175. The van der Waals surface area contributed by atoms with Crippen molar-refractivity contribution in [1.82, 2.24) is 19.2 Å². The van der Waals surface area contributed by atoms with Crippen LogP contribution in [0, 0.1) is 0 Å². The molecule has 1 aromatic heterocycles. The lowest BCUT2D eigenvalue weighted by molar-refractivity contribution is -0.133. The topological polar surface area (TPSA) is 112 Å². The van der Waals surface area contributed by atoms with Gasteiger partial charge in [-0.25, -0.2) is 13.4 Å². The van der Waals surface area contributed by atoms with Crippen LogP contribution in [0.3, 0.4) is 0 Å². The lowest BCUT2D eigenvalue weighted by atomic mass is 10.1. The highest BCUT2D eigenvalue weighted by Gasteiger charge is 2.31. The molecule has 8 nitrogen and oxygen atoms in total. The van der Waals surface area contributed by atoms with Crippen molar-refractivity contribution in [1.29, 1.82) is 0 Å². The van der Waals surface area contributed by atoms with E-state index in [0.29, 0.717) is 19.5 Å². The number of aromatic amines is 1. The third-order valence-electron chi connectivity index (χ3n) is 4.24. The Morgan fingerprint density at radius 2 is 1.78 bits per heavy atom. The lowest BCUT2D eigenvalue weighted by Crippen LogP contribution is -2.54. The van der Waals surface area contributed by atoms with E-state index in [-0.39, 0.29) is 48.7 Å². The van der Waals surface area contributed by atoms with Gasteiger partial charge in [0.2, 0.25) is 15.9 Å². The molecule has 0 radical (unpaired) electrons. The van der Waals surface area contributed by atoms with Crippen LogP contribution in [0.25, 0.3) is 0 Å². The van der Waals surface area contributed by atoms with Crippen LogP contribution in [0.4, 0.5) is 0 Å². The Morgan fingerprint density at radius 1 is 1.15 bits per heavy atom. The maximum absolute atomic E-state index is 12.6. The number of carbonyl (C=O) groups excluding carboxylic acids is 1. The van der Waals surface area contributed by atoms with E-state index in [9.17, 15) is 13.2 Å². The Balaban J connectivity index is 0.00000182. The zero-order valence-corrected chi connectivity index (χ0v) is 17.0. The normalized spacial score (nSPS) is 16.1. The van der Waals surface area contributed by atoms with Crippen LogP contribution in [0.5, 0.6) is 0 Å². The Morgan fingerprint density at radius 3 is 2.33 bits per heavy atom. The molecule has 0 aliphatic carbocycles. The maximum Gasteiger partial charge on any atom is 0.243 e. The second-order valence-corrected chi connectivity index (χ2v) is 7.87. The van der Waals surface area contributed by atoms with E-state index in [1.165, 1.54) is 4.31 Å². The Bertz CT molecular complexity index is 810. The standard InChI is InChI=1S/C16H21N5O3S.2ClH/c17-15(10-13-11-18-12-19-13)16(22)20-6-8-21(9-7-20)25(23,24)14-4-2-1-3-5-14;;/h1-5,11-12,15H,6-10,17H2,(H,18,19);2*1H/t15-;;/m0../s1. The quantitative estimate of drug-likeness (QED) is 0.715. The minimum atomic E-state index is -3.52. The van der Waals surface area contributed by atoms with Crippen molar-refractivity contribution in [2.24, 2.45) is 5.73 Å². The zero-order valence-electron chi connectivity index (χ0n) is 14.5. The SMILES string of the molecule is Cl.Cl.N[C@@H](Cc1cnc[nH]1)C(=O)N1CCN(S(=O)(=O)c2ccccc2)CC1. The molecule has 27 heavy (non-hydrogen) atoms. The lowest BCUT2D eigenvalue weighted by Gasteiger charge is -2.35. The van der Waals surface area contributed by atoms with Crippen LogP contribution in [0.15, 0.2) is 47.8 Å². The van der Waals surface area contributed by atoms with Gasteiger partial charge >= 0.3 is 0 Å². The number of benzene rings is 1. The first-order valence-electron chi connectivity index (χ1n) is 8.05. The van der Waals surface area contributed by atoms with Crippen molar-refractivity contribution in [2.45, 2.75) is 17.4 Å². The average molecular weight is 436 g/mol. The molecule has 0 spiro atoms. The number of aromatic nitrogens is 2. The largest absolute Gasteiger partial charge is 0.348 e. The molecule has 0 unspecified atom stereocenters. The van der Waals surface area contributed by atoms with Gasteiger partial charge in [-0.05, 0) is 12.1 Å². The van der Waals surface area contributed by atoms with Gasteiger partial charge in [0.25, 0.3) is 0 Å². The molecule has 1 fully saturated rings. The summed E-state index contributed by atoms with van der Waals surface area (Å²) < 4.78 is 26.6. The molecular weight excluding hydrogens is 413 g/mol. The summed E-state index contributed by atoms with van der Waals surface area (Å²) in [6, 6.07) is 7.65. The number of halogens is 2. The number of imidazole rings is 1. The number of hydrogen-bond donors (Lipinski definition) is 2. The molecule has 1 saturated heterocycles. The molecule has 3 rings (SSSR count). The van der Waals surface area contributed by atoms with Crippen molar-refractivity contribution in [3.8, 4) is 0 Å². The molecule has 1 aliphatic heterocycles. The van der Waals surface area contributed by atoms with Crippen molar-refractivity contribution in [3.63, 3.8) is 0 Å². The van der Waals surface area contributed by atoms with Gasteiger partial charge in [-0.15, -0.1) is 24.8 Å². The van der Waals surface area contributed by atoms with Gasteiger partial charge < -0.3 is 15.6 Å². The number of H-pyrrole nitrogens is 1. The zero-order chi connectivity index (χ0) is 17.9. The minimum absolute atomic E-state index is 0. The summed E-state index contributed by atoms with van der Waals surface area (Å²) >= 11 is 0. The van der Waals surface area contributed by atoms with Gasteiger partial charge in [-0.1, -0.05) is 18.2 Å². The molecule has 2 aromatic rings. The van der Waals surface area contributed by atoms with E-state index < -0.39 is 16.1 Å². The fourth-order valence-electron chi connectivity index (χ4n) is 2.85. The molecule has 0 bridgehead atoms. The van der Waals surface area contributed by atoms with E-state index in [0.717, 1.165) is 5.69 Å². The summed E-state index contributed by atoms with van der Waals surface area (Å²) in [5, 5.41) is 0. The first-order chi connectivity index (χ1) is 12.0. The molecule has 150 valence electrons. The summed E-state index contributed by atoms with van der Waals surface area (Å²) in [7, 11) is -3.52. The molecule has 1 atom stereocenters. The smallest absolute Gasteiger partial charge is 0.243 e. The van der Waals surface area contributed by atoms with Crippen molar-refractivity contribution >= 4 is 40.7 Å². The molecule has 3 N–H and O–H groups in total. The average Bonchev–Trinajstić information content (AvgIpc) is 3.15. The van der Waals surface area contributed by atoms with E-state index in [1.807, 2.05) is 0 Å². The summed E-state index contributed by atoms with van der Waals surface area (Å²) in [6.07, 6.45) is 3.55. The number of nitrogens with zero attached hydrogens (tertiary/aromatic N) is 3. The van der Waals surface area contributed by atoms with E-state index in [4.69, 9.17) is 5.73 Å². The molecule has 0 saturated carbocycles. The number of piperazine rings is 1. The number of carbonyl (C=O) groups is 1. The van der Waals surface area contributed by atoms with Gasteiger partial charge in [0.05, 0.1) is 17.3 Å². The highest BCUT2D eigenvalue weighted by molar-refractivity contribution is 7.89. The summed E-state index contributed by atoms with van der Waals surface area (Å²) in [4.78, 5) is 21.2. The Hall–Kier alpha value is -1.65. The van der Waals surface area contributed by atoms with Crippen LogP contribution in [0.2, 0.25) is 0 Å². The van der Waals surface area contributed by atoms with Gasteiger partial charge in [0.1, 0.15) is 0 Å². The van der Waals surface area contributed by atoms with E-state index in [2.05, 4.69) is 9.97 Å². The van der Waals surface area contributed by atoms with E-state index >= 15 is 0 Å². The second kappa shape index (κ2) is 10.0. The van der Waals surface area contributed by atoms with Crippen LogP contribution in [-0.2, 0) is 21.2 Å². The molecule has 2 heterocycles. The predicted octanol–water partition coefficient (Wildman–Crippen LogP) is 0.656. The van der Waals surface area contributed by atoms with Crippen molar-refractivity contribution < 1.29 is 13.2 Å². The highest BCUT2D eigenvalue weighted by Crippen LogP contribution is 2.17. The fraction of sp³-hybridized carbons (Fsp3) is 0.375. The fourth-order valence-corrected chi connectivity index (χ4v) is 4.29. The third kappa shape index (κ3) is 5.43. The molecule has 1 amide bonds. The number of hydrogen-bond acceptors (Lipinski definition) is 5.